The Labute approximate surface area is 83.9 Å². The maximum atomic E-state index is 9.81. The summed E-state index contributed by atoms with van der Waals surface area (Å²) in [6.45, 7) is 0. The van der Waals surface area contributed by atoms with Gasteiger partial charge in [-0.25, -0.2) is 9.55 Å². The normalized spacial score (nSPS) is 8.40. The van der Waals surface area contributed by atoms with E-state index in [-0.39, 0.29) is 39.7 Å². The van der Waals surface area contributed by atoms with E-state index in [0.29, 0.717) is 5.88 Å². The SMILES string of the molecule is O=POc1ccccn1.[H-].[Na+]. The molecule has 0 N–H and O–H groups in total. The van der Waals surface area contributed by atoms with Crippen molar-refractivity contribution in [2.75, 3.05) is 0 Å². The van der Waals surface area contributed by atoms with Crippen LogP contribution in [0.5, 0.6) is 5.88 Å². The second kappa shape index (κ2) is 5.81. The van der Waals surface area contributed by atoms with Crippen LogP contribution in [0.25, 0.3) is 0 Å². The van der Waals surface area contributed by atoms with Crippen LogP contribution >= 0.6 is 8.69 Å². The number of rotatable bonds is 2. The van der Waals surface area contributed by atoms with E-state index in [1.165, 1.54) is 0 Å². The van der Waals surface area contributed by atoms with E-state index in [0.717, 1.165) is 0 Å². The Hall–Kier alpha value is 0.0500. The first-order valence-electron chi connectivity index (χ1n) is 2.34. The minimum atomic E-state index is -0.368. The Morgan fingerprint density at radius 2 is 2.40 bits per heavy atom. The first-order chi connectivity index (χ1) is 4.43. The zero-order valence-electron chi connectivity index (χ0n) is 6.52. The van der Waals surface area contributed by atoms with Crippen molar-refractivity contribution >= 4 is 8.69 Å². The van der Waals surface area contributed by atoms with Crippen molar-refractivity contribution in [2.45, 2.75) is 0 Å². The van der Waals surface area contributed by atoms with E-state index in [4.69, 9.17) is 0 Å². The second-order valence-electron chi connectivity index (χ2n) is 1.33. The Morgan fingerprint density at radius 3 is 2.90 bits per heavy atom. The van der Waals surface area contributed by atoms with E-state index < -0.39 is 0 Å². The molecular formula is C5H5NNaO2P. The molecule has 0 radical (unpaired) electrons. The van der Waals surface area contributed by atoms with Crippen LogP contribution < -0.4 is 34.1 Å². The van der Waals surface area contributed by atoms with Gasteiger partial charge in [0.1, 0.15) is 0 Å². The van der Waals surface area contributed by atoms with Crippen molar-refractivity contribution in [1.82, 2.24) is 4.98 Å². The third kappa shape index (κ3) is 3.28. The molecule has 1 aromatic rings. The van der Waals surface area contributed by atoms with Crippen LogP contribution in [-0.4, -0.2) is 4.98 Å². The first-order valence-corrected chi connectivity index (χ1v) is 3.07. The van der Waals surface area contributed by atoms with Crippen molar-refractivity contribution in [3.05, 3.63) is 24.4 Å². The smallest absolute Gasteiger partial charge is 1.00 e. The minimum absolute atomic E-state index is 0. The van der Waals surface area contributed by atoms with Crippen molar-refractivity contribution in [3.8, 4) is 5.88 Å². The van der Waals surface area contributed by atoms with Crippen LogP contribution in [0, 0.1) is 0 Å². The van der Waals surface area contributed by atoms with Crippen LogP contribution in [0.4, 0.5) is 0 Å². The standard InChI is InChI=1S/C5H4NO2P.Na.H/c7-9-8-5-3-1-2-4-6-5;;/h1-4H;;/q;+1;-1. The molecule has 0 aliphatic carbocycles. The van der Waals surface area contributed by atoms with Gasteiger partial charge in [-0.05, 0) is 6.07 Å². The molecule has 0 fully saturated rings. The van der Waals surface area contributed by atoms with Gasteiger partial charge in [0.15, 0.2) is 0 Å². The molecule has 48 valence electrons. The summed E-state index contributed by atoms with van der Waals surface area (Å²) in [6, 6.07) is 5.15. The van der Waals surface area contributed by atoms with Crippen molar-refractivity contribution in [1.29, 1.82) is 0 Å². The van der Waals surface area contributed by atoms with Gasteiger partial charge in [-0.15, -0.1) is 0 Å². The van der Waals surface area contributed by atoms with E-state index >= 15 is 0 Å². The third-order valence-corrected chi connectivity index (χ3v) is 1.03. The zero-order chi connectivity index (χ0) is 6.53. The molecule has 0 aliphatic heterocycles. The van der Waals surface area contributed by atoms with Gasteiger partial charge >= 0.3 is 38.2 Å². The number of pyridine rings is 1. The summed E-state index contributed by atoms with van der Waals surface area (Å²) in [7, 11) is -0.368. The maximum absolute atomic E-state index is 9.81. The minimum Gasteiger partial charge on any atom is -1.00 e. The number of nitrogens with zero attached hydrogens (tertiary/aromatic N) is 1. The van der Waals surface area contributed by atoms with Gasteiger partial charge in [0.25, 0.3) is 0 Å². The Kier molecular flexibility index (Phi) is 5.84. The van der Waals surface area contributed by atoms with Crippen LogP contribution in [-0.2, 0) is 4.57 Å². The van der Waals surface area contributed by atoms with Crippen molar-refractivity contribution in [2.24, 2.45) is 0 Å². The van der Waals surface area contributed by atoms with E-state index in [9.17, 15) is 4.57 Å². The van der Waals surface area contributed by atoms with Crippen LogP contribution in [0.1, 0.15) is 1.43 Å². The van der Waals surface area contributed by atoms with Crippen LogP contribution in [0.3, 0.4) is 0 Å². The van der Waals surface area contributed by atoms with E-state index in [1.54, 1.807) is 24.4 Å². The van der Waals surface area contributed by atoms with Crippen molar-refractivity contribution in [3.63, 3.8) is 0 Å². The van der Waals surface area contributed by atoms with Gasteiger partial charge in [0.05, 0.1) is 0 Å². The average Bonchev–Trinajstić information content (AvgIpc) is 1.91. The van der Waals surface area contributed by atoms with E-state index in [2.05, 4.69) is 9.51 Å². The van der Waals surface area contributed by atoms with Crippen LogP contribution in [0.2, 0.25) is 0 Å². The topological polar surface area (TPSA) is 39.2 Å². The fourth-order valence-corrected chi connectivity index (χ4v) is 0.624. The Bertz CT molecular complexity index is 199. The molecule has 0 atom stereocenters. The largest absolute Gasteiger partial charge is 1.00 e. The fourth-order valence-electron chi connectivity index (χ4n) is 0.439. The molecule has 1 heterocycles. The Balaban J connectivity index is 0. The molecule has 0 saturated heterocycles. The molecular weight excluding hydrogens is 160 g/mol. The molecule has 10 heavy (non-hydrogen) atoms. The molecule has 1 rings (SSSR count). The number of aromatic nitrogens is 1. The Morgan fingerprint density at radius 1 is 1.60 bits per heavy atom. The summed E-state index contributed by atoms with van der Waals surface area (Å²) in [5, 5.41) is 0. The number of hydrogen-bond acceptors (Lipinski definition) is 3. The predicted octanol–water partition coefficient (Wildman–Crippen LogP) is -1.22. The molecule has 0 spiro atoms. The average molecular weight is 165 g/mol. The summed E-state index contributed by atoms with van der Waals surface area (Å²) < 4.78 is 14.3. The summed E-state index contributed by atoms with van der Waals surface area (Å²) in [4.78, 5) is 3.74. The predicted molar refractivity (Wildman–Crippen MR) is 33.6 cm³/mol. The molecule has 3 nitrogen and oxygen atoms in total. The summed E-state index contributed by atoms with van der Waals surface area (Å²) >= 11 is 0. The summed E-state index contributed by atoms with van der Waals surface area (Å²) in [6.07, 6.45) is 1.57. The van der Waals surface area contributed by atoms with E-state index in [1.807, 2.05) is 0 Å². The summed E-state index contributed by atoms with van der Waals surface area (Å²) in [5.74, 6) is 0.370. The second-order valence-corrected chi connectivity index (χ2v) is 1.67. The van der Waals surface area contributed by atoms with Gasteiger partial charge in [-0.3, -0.25) is 0 Å². The van der Waals surface area contributed by atoms with Gasteiger partial charge in [0, 0.05) is 12.3 Å². The molecule has 0 saturated carbocycles. The maximum Gasteiger partial charge on any atom is 1.00 e. The van der Waals surface area contributed by atoms with Gasteiger partial charge in [-0.1, -0.05) is 6.07 Å². The molecule has 0 unspecified atom stereocenters. The summed E-state index contributed by atoms with van der Waals surface area (Å²) in [5.41, 5.74) is 0. The molecule has 0 amide bonds. The molecule has 5 heteroatoms. The van der Waals surface area contributed by atoms with Gasteiger partial charge in [0.2, 0.25) is 5.88 Å². The molecule has 0 bridgehead atoms. The van der Waals surface area contributed by atoms with Crippen molar-refractivity contribution < 1.29 is 40.1 Å². The fraction of sp³-hybridized carbons (Fsp3) is 0. The third-order valence-electron chi connectivity index (χ3n) is 0.769. The number of hydrogen-bond donors (Lipinski definition) is 0. The monoisotopic (exact) mass is 165 g/mol. The molecule has 0 aliphatic rings. The zero-order valence-corrected chi connectivity index (χ0v) is 8.41. The van der Waals surface area contributed by atoms with Crippen LogP contribution in [0.15, 0.2) is 24.4 Å². The molecule has 1 aromatic heterocycles. The first kappa shape index (κ1) is 10.0. The van der Waals surface area contributed by atoms with Gasteiger partial charge in [-0.2, -0.15) is 0 Å². The molecule has 0 aromatic carbocycles. The van der Waals surface area contributed by atoms with Gasteiger partial charge < -0.3 is 5.95 Å². The quantitative estimate of drug-likeness (QED) is 0.407.